The van der Waals surface area contributed by atoms with Gasteiger partial charge in [0.1, 0.15) is 15.9 Å². The molecule has 0 atom stereocenters. The number of nitrogens with one attached hydrogen (secondary N) is 1. The number of hydrogen-bond acceptors (Lipinski definition) is 6. The molecule has 8 rings (SSSR count). The van der Waals surface area contributed by atoms with Crippen LogP contribution in [0, 0.1) is 0 Å². The molecule has 8 aromatic rings. The first-order chi connectivity index (χ1) is 30.2. The number of fused-ring (bicyclic) bond motifs is 2. The highest BCUT2D eigenvalue weighted by atomic mass is 79.9. The van der Waals surface area contributed by atoms with Crippen LogP contribution in [0.5, 0.6) is 0 Å². The molecule has 0 bridgehead atoms. The molecule has 0 aliphatic rings. The topological polar surface area (TPSA) is 132 Å². The van der Waals surface area contributed by atoms with Crippen molar-refractivity contribution in [2.24, 2.45) is 5.73 Å². The van der Waals surface area contributed by atoms with Crippen molar-refractivity contribution in [1.29, 1.82) is 0 Å². The van der Waals surface area contributed by atoms with Crippen LogP contribution in [0.4, 0.5) is 0 Å². The van der Waals surface area contributed by atoms with Gasteiger partial charge in [-0.1, -0.05) is 95.1 Å². The van der Waals surface area contributed by atoms with Gasteiger partial charge in [-0.25, -0.2) is 15.0 Å². The van der Waals surface area contributed by atoms with Crippen molar-refractivity contribution in [3.05, 3.63) is 188 Å². The fourth-order valence-electron chi connectivity index (χ4n) is 8.74. The monoisotopic (exact) mass is 959 g/mol. The molecular weight excluding hydrogens is 909 g/mol. The lowest BCUT2D eigenvalue weighted by Crippen LogP contribution is -2.51. The fourth-order valence-corrected chi connectivity index (χ4v) is 15.9. The average molecular weight is 962 g/mol. The SMILES string of the molecule is CC(C)[Si](C(C)C)(C(C)C)n1cc(Cc2ccc(Br)nc2)c2cccnc21.NC(=O)c1cccc(Cl)c1.O=C(Cc1ccc(Cc2c[nH]c3ncccc23)cn1)c1cccc(Cl)c1. The molecule has 0 saturated carbocycles. The van der Waals surface area contributed by atoms with E-state index in [1.54, 1.807) is 48.7 Å². The molecular formula is C50H52BrCl2N7O2Si. The van der Waals surface area contributed by atoms with Crippen molar-refractivity contribution in [2.75, 3.05) is 0 Å². The predicted octanol–water partition coefficient (Wildman–Crippen LogP) is 12.9. The van der Waals surface area contributed by atoms with E-state index in [1.807, 2.05) is 49.1 Å². The molecule has 3 N–H and O–H groups in total. The van der Waals surface area contributed by atoms with Crippen LogP contribution in [-0.2, 0) is 19.3 Å². The number of amides is 1. The maximum absolute atomic E-state index is 12.3. The second-order valence-electron chi connectivity index (χ2n) is 16.4. The van der Waals surface area contributed by atoms with Gasteiger partial charge >= 0.3 is 0 Å². The van der Waals surface area contributed by atoms with Crippen molar-refractivity contribution in [2.45, 2.75) is 77.4 Å². The lowest BCUT2D eigenvalue weighted by molar-refractivity contribution is 0.0986. The average Bonchev–Trinajstić information content (AvgIpc) is 3.84. The zero-order chi connectivity index (χ0) is 45.3. The molecule has 1 amide bonds. The van der Waals surface area contributed by atoms with Gasteiger partial charge in [0.25, 0.3) is 0 Å². The third kappa shape index (κ3) is 11.4. The molecule has 0 aliphatic carbocycles. The number of carbonyl (C=O) groups is 2. The number of benzene rings is 2. The van der Waals surface area contributed by atoms with Gasteiger partial charge in [-0.15, -0.1) is 0 Å². The zero-order valence-electron chi connectivity index (χ0n) is 36.3. The summed E-state index contributed by atoms with van der Waals surface area (Å²) in [5.41, 5.74) is 15.6. The van der Waals surface area contributed by atoms with Crippen LogP contribution < -0.4 is 5.73 Å². The Morgan fingerprint density at radius 2 is 1.29 bits per heavy atom. The van der Waals surface area contributed by atoms with Crippen molar-refractivity contribution >= 4 is 81.1 Å². The van der Waals surface area contributed by atoms with Gasteiger partial charge in [0, 0.05) is 87.7 Å². The summed E-state index contributed by atoms with van der Waals surface area (Å²) in [6.45, 7) is 14.4. The molecule has 63 heavy (non-hydrogen) atoms. The number of halogens is 3. The lowest BCUT2D eigenvalue weighted by atomic mass is 10.0. The summed E-state index contributed by atoms with van der Waals surface area (Å²) in [4.78, 5) is 44.0. The maximum atomic E-state index is 12.3. The van der Waals surface area contributed by atoms with Gasteiger partial charge < -0.3 is 15.0 Å². The summed E-state index contributed by atoms with van der Waals surface area (Å²) in [6.07, 6.45) is 13.8. The molecule has 9 nitrogen and oxygen atoms in total. The third-order valence-corrected chi connectivity index (χ3v) is 19.1. The lowest BCUT2D eigenvalue weighted by Gasteiger charge is -2.44. The van der Waals surface area contributed by atoms with Crippen molar-refractivity contribution in [1.82, 2.24) is 29.2 Å². The van der Waals surface area contributed by atoms with Crippen LogP contribution in [0.2, 0.25) is 26.7 Å². The van der Waals surface area contributed by atoms with Gasteiger partial charge in [0.15, 0.2) is 14.0 Å². The van der Waals surface area contributed by atoms with E-state index in [0.717, 1.165) is 45.4 Å². The quantitative estimate of drug-likeness (QED) is 0.0712. The zero-order valence-corrected chi connectivity index (χ0v) is 40.4. The van der Waals surface area contributed by atoms with E-state index in [2.05, 4.69) is 112 Å². The van der Waals surface area contributed by atoms with Crippen LogP contribution >= 0.6 is 39.1 Å². The number of nitrogens with two attached hydrogens (primary N) is 1. The fraction of sp³-hybridized carbons (Fsp3) is 0.240. The molecule has 324 valence electrons. The Balaban J connectivity index is 0.000000173. The number of nitrogens with zero attached hydrogens (tertiary/aromatic N) is 5. The van der Waals surface area contributed by atoms with Gasteiger partial charge in [-0.3, -0.25) is 14.6 Å². The Bertz CT molecular complexity index is 2780. The van der Waals surface area contributed by atoms with Gasteiger partial charge in [0.2, 0.25) is 5.91 Å². The van der Waals surface area contributed by atoms with Crippen LogP contribution in [0.3, 0.4) is 0 Å². The van der Waals surface area contributed by atoms with E-state index in [0.29, 0.717) is 37.8 Å². The van der Waals surface area contributed by atoms with E-state index in [-0.39, 0.29) is 12.2 Å². The number of hydrogen-bond donors (Lipinski definition) is 2. The minimum atomic E-state index is -1.84. The minimum absolute atomic E-state index is 0.00968. The normalized spacial score (nSPS) is 11.4. The van der Waals surface area contributed by atoms with E-state index in [1.165, 1.54) is 28.1 Å². The second kappa shape index (κ2) is 21.3. The minimum Gasteiger partial charge on any atom is -0.366 e. The molecule has 0 fully saturated rings. The maximum Gasteiger partial charge on any atom is 0.248 e. The van der Waals surface area contributed by atoms with Crippen LogP contribution in [0.15, 0.2) is 139 Å². The van der Waals surface area contributed by atoms with Crippen LogP contribution in [0.1, 0.15) is 90.2 Å². The highest BCUT2D eigenvalue weighted by Gasteiger charge is 2.46. The Morgan fingerprint density at radius 3 is 1.86 bits per heavy atom. The number of primary amides is 1. The first-order valence-electron chi connectivity index (χ1n) is 20.9. The molecule has 13 heteroatoms. The number of Topliss-reactive ketones (excluding diaryl/α,β-unsaturated/α-hetero) is 1. The standard InChI is InChI=1S/C22H30BrN3Si.C21H16ClN3O.C7H6ClNO/c1-15(2)27(16(3)4,17(5)6)26-14-19(20-8-7-11-24-22(20)26)12-18-9-10-21(23)25-13-18;22-17-4-1-3-15(10-17)20(26)11-18-7-6-14(12-24-18)9-16-13-25-21-19(16)5-2-8-23-21;8-6-3-1-2-5(4-6)7(9)10/h7-11,13-17H,12H2,1-6H3;1-8,10,12-13H,9,11H2,(H,23,25);1-4H,(H2,9,10). The molecule has 0 unspecified atom stereocenters. The van der Waals surface area contributed by atoms with Gasteiger partial charge in [0.05, 0.1) is 6.42 Å². The van der Waals surface area contributed by atoms with Gasteiger partial charge in [-0.05, 0) is 122 Å². The Hall–Kier alpha value is -5.46. The number of aromatic amines is 1. The molecule has 2 aromatic carbocycles. The molecule has 0 aliphatic heterocycles. The van der Waals surface area contributed by atoms with E-state index < -0.39 is 14.1 Å². The first kappa shape index (κ1) is 47.0. The summed E-state index contributed by atoms with van der Waals surface area (Å²) >= 11 is 15.0. The summed E-state index contributed by atoms with van der Waals surface area (Å²) in [5.74, 6) is -0.446. The van der Waals surface area contributed by atoms with Crippen LogP contribution in [0.25, 0.3) is 22.1 Å². The molecule has 0 spiro atoms. The molecule has 0 saturated heterocycles. The second-order valence-corrected chi connectivity index (χ2v) is 23.9. The third-order valence-electron chi connectivity index (χ3n) is 11.4. The molecule has 6 heterocycles. The number of rotatable bonds is 12. The van der Waals surface area contributed by atoms with Gasteiger partial charge in [-0.2, -0.15) is 0 Å². The number of aromatic nitrogens is 6. The molecule has 0 radical (unpaired) electrons. The van der Waals surface area contributed by atoms with Crippen molar-refractivity contribution in [3.63, 3.8) is 0 Å². The van der Waals surface area contributed by atoms with Crippen molar-refractivity contribution in [3.8, 4) is 0 Å². The number of H-pyrrole nitrogens is 1. The Labute approximate surface area is 388 Å². The summed E-state index contributed by atoms with van der Waals surface area (Å²) in [5, 5.41) is 3.48. The molecule has 6 aromatic heterocycles. The van der Waals surface area contributed by atoms with Crippen LogP contribution in [-0.4, -0.2) is 49.1 Å². The smallest absolute Gasteiger partial charge is 0.248 e. The first-order valence-corrected chi connectivity index (χ1v) is 24.6. The summed E-state index contributed by atoms with van der Waals surface area (Å²) in [6, 6.07) is 29.9. The number of ketones is 1. The highest BCUT2D eigenvalue weighted by molar-refractivity contribution is 9.10. The van der Waals surface area contributed by atoms with E-state index in [9.17, 15) is 9.59 Å². The summed E-state index contributed by atoms with van der Waals surface area (Å²) < 4.78 is 3.49. The summed E-state index contributed by atoms with van der Waals surface area (Å²) in [7, 11) is -1.84. The largest absolute Gasteiger partial charge is 0.366 e. The van der Waals surface area contributed by atoms with Crippen molar-refractivity contribution < 1.29 is 9.59 Å². The Kier molecular flexibility index (Phi) is 15.9. The highest BCUT2D eigenvalue weighted by Crippen LogP contribution is 2.44. The Morgan fingerprint density at radius 1 is 0.698 bits per heavy atom. The number of carbonyl (C=O) groups excluding carboxylic acids is 2. The number of pyridine rings is 4. The van der Waals surface area contributed by atoms with E-state index in [4.69, 9.17) is 33.9 Å². The predicted molar refractivity (Wildman–Crippen MR) is 264 cm³/mol. The van der Waals surface area contributed by atoms with E-state index >= 15 is 0 Å².